The SMILES string of the molecule is CNC1(c2ccccc2)CCCCC1. The third-order valence-corrected chi connectivity index (χ3v) is 3.51. The maximum Gasteiger partial charge on any atom is 0.0432 e. The average Bonchev–Trinajstić information content (AvgIpc) is 2.31. The van der Waals surface area contributed by atoms with E-state index in [2.05, 4.69) is 42.7 Å². The van der Waals surface area contributed by atoms with Crippen molar-refractivity contribution in [3.8, 4) is 0 Å². The van der Waals surface area contributed by atoms with Gasteiger partial charge in [0.1, 0.15) is 0 Å². The molecule has 0 atom stereocenters. The van der Waals surface area contributed by atoms with E-state index in [-0.39, 0.29) is 5.54 Å². The molecule has 1 heteroatoms. The fraction of sp³-hybridized carbons (Fsp3) is 0.538. The second kappa shape index (κ2) is 4.14. The highest BCUT2D eigenvalue weighted by Crippen LogP contribution is 2.36. The molecule has 1 aromatic rings. The normalized spacial score (nSPS) is 20.6. The Bertz CT molecular complexity index is 273. The zero-order valence-corrected chi connectivity index (χ0v) is 8.92. The van der Waals surface area contributed by atoms with Crippen LogP contribution in [0.4, 0.5) is 0 Å². The molecule has 0 bridgehead atoms. The van der Waals surface area contributed by atoms with Crippen LogP contribution in [0.25, 0.3) is 0 Å². The second-order valence-corrected chi connectivity index (χ2v) is 4.26. The number of nitrogens with one attached hydrogen (secondary N) is 1. The molecule has 1 aromatic carbocycles. The molecule has 0 heterocycles. The Morgan fingerprint density at radius 3 is 2.21 bits per heavy atom. The van der Waals surface area contributed by atoms with Gasteiger partial charge in [-0.15, -0.1) is 0 Å². The van der Waals surface area contributed by atoms with Crippen LogP contribution in [0.5, 0.6) is 0 Å². The number of benzene rings is 1. The molecule has 0 unspecified atom stereocenters. The lowest BCUT2D eigenvalue weighted by Crippen LogP contribution is -2.41. The van der Waals surface area contributed by atoms with Gasteiger partial charge in [0.2, 0.25) is 0 Å². The molecule has 0 aromatic heterocycles. The maximum absolute atomic E-state index is 3.53. The lowest BCUT2D eigenvalue weighted by atomic mass is 9.77. The van der Waals surface area contributed by atoms with Crippen molar-refractivity contribution >= 4 is 0 Å². The zero-order valence-electron chi connectivity index (χ0n) is 8.92. The molecule has 1 saturated carbocycles. The van der Waals surface area contributed by atoms with Crippen molar-refractivity contribution in [3.63, 3.8) is 0 Å². The van der Waals surface area contributed by atoms with Crippen molar-refractivity contribution in [2.45, 2.75) is 37.6 Å². The molecule has 76 valence electrons. The fourth-order valence-corrected chi connectivity index (χ4v) is 2.60. The molecule has 14 heavy (non-hydrogen) atoms. The summed E-state index contributed by atoms with van der Waals surface area (Å²) >= 11 is 0. The van der Waals surface area contributed by atoms with Gasteiger partial charge in [-0.2, -0.15) is 0 Å². The summed E-state index contributed by atoms with van der Waals surface area (Å²) in [6, 6.07) is 10.9. The molecule has 2 rings (SSSR count). The molecular formula is C13H19N. The molecule has 1 aliphatic carbocycles. The number of hydrogen-bond acceptors (Lipinski definition) is 1. The molecule has 0 radical (unpaired) electrons. The first-order chi connectivity index (χ1) is 6.87. The Hall–Kier alpha value is -0.820. The van der Waals surface area contributed by atoms with E-state index < -0.39 is 0 Å². The van der Waals surface area contributed by atoms with Gasteiger partial charge in [-0.05, 0) is 25.5 Å². The quantitative estimate of drug-likeness (QED) is 0.754. The van der Waals surface area contributed by atoms with Gasteiger partial charge in [-0.3, -0.25) is 0 Å². The van der Waals surface area contributed by atoms with Crippen LogP contribution in [-0.4, -0.2) is 7.05 Å². The minimum atomic E-state index is 0.263. The maximum atomic E-state index is 3.53. The van der Waals surface area contributed by atoms with Crippen LogP contribution in [0.3, 0.4) is 0 Å². The summed E-state index contributed by atoms with van der Waals surface area (Å²) in [5, 5.41) is 3.53. The minimum absolute atomic E-state index is 0.263. The van der Waals surface area contributed by atoms with Gasteiger partial charge in [0.05, 0.1) is 0 Å². The van der Waals surface area contributed by atoms with Gasteiger partial charge in [-0.1, -0.05) is 49.6 Å². The van der Waals surface area contributed by atoms with Crippen LogP contribution >= 0.6 is 0 Å². The van der Waals surface area contributed by atoms with Crippen LogP contribution in [0, 0.1) is 0 Å². The van der Waals surface area contributed by atoms with Crippen molar-refractivity contribution in [1.29, 1.82) is 0 Å². The lowest BCUT2D eigenvalue weighted by Gasteiger charge is -2.37. The van der Waals surface area contributed by atoms with Gasteiger partial charge >= 0.3 is 0 Å². The lowest BCUT2D eigenvalue weighted by molar-refractivity contribution is 0.250. The van der Waals surface area contributed by atoms with Crippen LogP contribution in [0.1, 0.15) is 37.7 Å². The summed E-state index contributed by atoms with van der Waals surface area (Å²) in [5.74, 6) is 0. The largest absolute Gasteiger partial charge is 0.310 e. The first kappa shape index (κ1) is 9.72. The molecule has 0 amide bonds. The van der Waals surface area contributed by atoms with Gasteiger partial charge in [-0.25, -0.2) is 0 Å². The highest BCUT2D eigenvalue weighted by Gasteiger charge is 2.31. The van der Waals surface area contributed by atoms with E-state index in [4.69, 9.17) is 0 Å². The Kier molecular flexibility index (Phi) is 2.87. The molecule has 1 fully saturated rings. The molecule has 1 N–H and O–H groups in total. The molecule has 0 saturated heterocycles. The summed E-state index contributed by atoms with van der Waals surface area (Å²) in [4.78, 5) is 0. The van der Waals surface area contributed by atoms with Crippen LogP contribution in [0.2, 0.25) is 0 Å². The molecule has 1 aliphatic rings. The molecule has 0 aliphatic heterocycles. The summed E-state index contributed by atoms with van der Waals surface area (Å²) in [6.45, 7) is 0. The van der Waals surface area contributed by atoms with Crippen molar-refractivity contribution in [2.24, 2.45) is 0 Å². The Morgan fingerprint density at radius 2 is 1.64 bits per heavy atom. The van der Waals surface area contributed by atoms with Gasteiger partial charge in [0.25, 0.3) is 0 Å². The molecule has 0 spiro atoms. The van der Waals surface area contributed by atoms with Crippen molar-refractivity contribution in [2.75, 3.05) is 7.05 Å². The number of hydrogen-bond donors (Lipinski definition) is 1. The van der Waals surface area contributed by atoms with E-state index in [0.29, 0.717) is 0 Å². The summed E-state index contributed by atoms with van der Waals surface area (Å²) in [7, 11) is 2.10. The highest BCUT2D eigenvalue weighted by atomic mass is 14.9. The Balaban J connectivity index is 2.27. The van der Waals surface area contributed by atoms with E-state index in [9.17, 15) is 0 Å². The first-order valence-corrected chi connectivity index (χ1v) is 5.62. The van der Waals surface area contributed by atoms with Crippen molar-refractivity contribution in [1.82, 2.24) is 5.32 Å². The van der Waals surface area contributed by atoms with E-state index in [1.54, 1.807) is 0 Å². The summed E-state index contributed by atoms with van der Waals surface area (Å²) < 4.78 is 0. The predicted octanol–water partition coefficient (Wildman–Crippen LogP) is 3.07. The third kappa shape index (κ3) is 1.69. The first-order valence-electron chi connectivity index (χ1n) is 5.62. The molecular weight excluding hydrogens is 170 g/mol. The average molecular weight is 189 g/mol. The summed E-state index contributed by atoms with van der Waals surface area (Å²) in [6.07, 6.45) is 6.68. The Labute approximate surface area is 86.5 Å². The molecule has 1 nitrogen and oxygen atoms in total. The third-order valence-electron chi connectivity index (χ3n) is 3.51. The van der Waals surface area contributed by atoms with E-state index in [1.165, 1.54) is 37.7 Å². The standard InChI is InChI=1S/C13H19N/c1-14-13(10-6-3-7-11-13)12-8-4-2-5-9-12/h2,4-5,8-9,14H,3,6-7,10-11H2,1H3. The second-order valence-electron chi connectivity index (χ2n) is 4.26. The van der Waals surface area contributed by atoms with Crippen molar-refractivity contribution in [3.05, 3.63) is 35.9 Å². The summed E-state index contributed by atoms with van der Waals surface area (Å²) in [5.41, 5.74) is 1.72. The highest BCUT2D eigenvalue weighted by molar-refractivity contribution is 5.24. The van der Waals surface area contributed by atoms with Gasteiger partial charge in [0, 0.05) is 5.54 Å². The Morgan fingerprint density at radius 1 is 1.00 bits per heavy atom. The van der Waals surface area contributed by atoms with E-state index in [1.807, 2.05) is 0 Å². The van der Waals surface area contributed by atoms with Gasteiger partial charge in [0.15, 0.2) is 0 Å². The zero-order chi connectivity index (χ0) is 9.86. The topological polar surface area (TPSA) is 12.0 Å². The fourth-order valence-electron chi connectivity index (χ4n) is 2.60. The van der Waals surface area contributed by atoms with Crippen LogP contribution in [0.15, 0.2) is 30.3 Å². The smallest absolute Gasteiger partial charge is 0.0432 e. The van der Waals surface area contributed by atoms with Crippen LogP contribution in [-0.2, 0) is 5.54 Å². The van der Waals surface area contributed by atoms with Gasteiger partial charge < -0.3 is 5.32 Å². The predicted molar refractivity (Wildman–Crippen MR) is 60.3 cm³/mol. The van der Waals surface area contributed by atoms with E-state index >= 15 is 0 Å². The minimum Gasteiger partial charge on any atom is -0.310 e. The monoisotopic (exact) mass is 189 g/mol. The number of rotatable bonds is 2. The van der Waals surface area contributed by atoms with Crippen molar-refractivity contribution < 1.29 is 0 Å². The van der Waals surface area contributed by atoms with Crippen LogP contribution < -0.4 is 5.32 Å². The van der Waals surface area contributed by atoms with E-state index in [0.717, 1.165) is 0 Å².